The van der Waals surface area contributed by atoms with Crippen molar-refractivity contribution < 1.29 is 23.9 Å². The second kappa shape index (κ2) is 11.6. The normalized spacial score (nSPS) is 10.7. The summed E-state index contributed by atoms with van der Waals surface area (Å²) < 4.78 is 11.4. The molecule has 11 heteroatoms. The molecule has 0 fully saturated rings. The molecule has 0 aliphatic rings. The van der Waals surface area contributed by atoms with E-state index in [2.05, 4.69) is 20.6 Å². The maximum Gasteiger partial charge on any atom is 0.342 e. The predicted molar refractivity (Wildman–Crippen MR) is 141 cm³/mol. The Bertz CT molecular complexity index is 1440. The summed E-state index contributed by atoms with van der Waals surface area (Å²) in [5.41, 5.74) is 2.45. The number of benzene rings is 1. The van der Waals surface area contributed by atoms with Crippen LogP contribution in [0, 0.1) is 0 Å². The Morgan fingerprint density at radius 1 is 0.973 bits per heavy atom. The van der Waals surface area contributed by atoms with E-state index in [1.54, 1.807) is 33.0 Å². The number of pyridine rings is 2. The van der Waals surface area contributed by atoms with Gasteiger partial charge in [0.05, 0.1) is 29.0 Å². The van der Waals surface area contributed by atoms with Gasteiger partial charge in [-0.15, -0.1) is 11.3 Å². The molecule has 1 aromatic carbocycles. The van der Waals surface area contributed by atoms with Crippen molar-refractivity contribution in [3.05, 3.63) is 60.0 Å². The zero-order valence-corrected chi connectivity index (χ0v) is 21.3. The standard InChI is InChI=1S/C26H25N5O5S/c1-4-28-26(34)31-22-21(25(33)36-6-3)20(23-30-18-9-7-8-10-19(18)37-23)17(14-29-22)15-11-16(13-27-12-15)24(32)35-5-2/h7-14H,4-6H2,1-3H3,(H2,28,29,31,34). The number of aromatic nitrogens is 3. The number of nitrogens with zero attached hydrogens (tertiary/aromatic N) is 3. The summed E-state index contributed by atoms with van der Waals surface area (Å²) in [7, 11) is 0. The summed E-state index contributed by atoms with van der Waals surface area (Å²) in [6.07, 6.45) is 4.48. The van der Waals surface area contributed by atoms with Crippen LogP contribution < -0.4 is 10.6 Å². The highest BCUT2D eigenvalue weighted by atomic mass is 32.1. The van der Waals surface area contributed by atoms with Gasteiger partial charge in [0, 0.05) is 41.8 Å². The molecule has 4 rings (SSSR count). The third-order valence-electron chi connectivity index (χ3n) is 5.20. The Kier molecular flexibility index (Phi) is 8.04. The molecule has 0 aliphatic carbocycles. The average Bonchev–Trinajstić information content (AvgIpc) is 3.33. The predicted octanol–water partition coefficient (Wildman–Crippen LogP) is 4.92. The van der Waals surface area contributed by atoms with Gasteiger partial charge in [-0.2, -0.15) is 0 Å². The Morgan fingerprint density at radius 3 is 2.46 bits per heavy atom. The minimum absolute atomic E-state index is 0.0249. The second-order valence-electron chi connectivity index (χ2n) is 7.64. The van der Waals surface area contributed by atoms with E-state index in [0.29, 0.717) is 28.2 Å². The number of rotatable bonds is 8. The first-order valence-corrected chi connectivity index (χ1v) is 12.5. The first-order chi connectivity index (χ1) is 18.0. The van der Waals surface area contributed by atoms with Gasteiger partial charge in [0.1, 0.15) is 16.4 Å². The maximum absolute atomic E-state index is 13.3. The van der Waals surface area contributed by atoms with Crippen LogP contribution in [0.4, 0.5) is 10.6 Å². The summed E-state index contributed by atoms with van der Waals surface area (Å²) in [6.45, 7) is 5.90. The molecule has 2 N–H and O–H groups in total. The van der Waals surface area contributed by atoms with Crippen LogP contribution in [-0.2, 0) is 9.47 Å². The molecule has 3 heterocycles. The number of amides is 2. The van der Waals surface area contributed by atoms with Gasteiger partial charge in [0.2, 0.25) is 0 Å². The third kappa shape index (κ3) is 5.56. The molecule has 10 nitrogen and oxygen atoms in total. The summed E-state index contributed by atoms with van der Waals surface area (Å²) >= 11 is 1.38. The number of anilines is 1. The van der Waals surface area contributed by atoms with E-state index in [0.717, 1.165) is 10.2 Å². The molecule has 0 unspecified atom stereocenters. The molecule has 3 aromatic heterocycles. The van der Waals surface area contributed by atoms with Gasteiger partial charge in [-0.1, -0.05) is 12.1 Å². The fourth-order valence-electron chi connectivity index (χ4n) is 3.65. The lowest BCUT2D eigenvalue weighted by Crippen LogP contribution is -2.29. The summed E-state index contributed by atoms with van der Waals surface area (Å²) in [4.78, 5) is 51.4. The van der Waals surface area contributed by atoms with E-state index < -0.39 is 18.0 Å². The molecule has 0 aliphatic heterocycles. The Hall–Kier alpha value is -4.38. The Balaban J connectivity index is 2.00. The maximum atomic E-state index is 13.3. The van der Waals surface area contributed by atoms with Crippen LogP contribution in [0.15, 0.2) is 48.9 Å². The van der Waals surface area contributed by atoms with Crippen molar-refractivity contribution >= 4 is 45.3 Å². The summed E-state index contributed by atoms with van der Waals surface area (Å²) in [5.74, 6) is -1.17. The highest BCUT2D eigenvalue weighted by molar-refractivity contribution is 7.21. The minimum atomic E-state index is -0.674. The van der Waals surface area contributed by atoms with Gasteiger partial charge >= 0.3 is 18.0 Å². The van der Waals surface area contributed by atoms with Crippen LogP contribution in [0.1, 0.15) is 41.5 Å². The molecule has 4 aromatic rings. The molecule has 0 spiro atoms. The Morgan fingerprint density at radius 2 is 1.73 bits per heavy atom. The van der Waals surface area contributed by atoms with Crippen molar-refractivity contribution in [1.82, 2.24) is 20.3 Å². The number of fused-ring (bicyclic) bond motifs is 1. The molecule has 0 bridgehead atoms. The second-order valence-corrected chi connectivity index (χ2v) is 8.68. The highest BCUT2D eigenvalue weighted by Gasteiger charge is 2.28. The molecular weight excluding hydrogens is 494 g/mol. The van der Waals surface area contributed by atoms with Crippen molar-refractivity contribution in [2.24, 2.45) is 0 Å². The monoisotopic (exact) mass is 519 g/mol. The van der Waals surface area contributed by atoms with E-state index in [1.165, 1.54) is 23.7 Å². The van der Waals surface area contributed by atoms with Crippen molar-refractivity contribution in [1.29, 1.82) is 0 Å². The van der Waals surface area contributed by atoms with E-state index in [4.69, 9.17) is 14.5 Å². The molecule has 0 saturated heterocycles. The van der Waals surface area contributed by atoms with Crippen molar-refractivity contribution in [2.75, 3.05) is 25.1 Å². The van der Waals surface area contributed by atoms with Crippen LogP contribution in [0.5, 0.6) is 0 Å². The fraction of sp³-hybridized carbons (Fsp3) is 0.231. The van der Waals surface area contributed by atoms with Gasteiger partial charge in [-0.25, -0.2) is 24.4 Å². The lowest BCUT2D eigenvalue weighted by atomic mass is 9.97. The number of hydrogen-bond acceptors (Lipinski definition) is 9. The van der Waals surface area contributed by atoms with E-state index in [9.17, 15) is 14.4 Å². The topological polar surface area (TPSA) is 132 Å². The van der Waals surface area contributed by atoms with Gasteiger partial charge in [-0.05, 0) is 39.0 Å². The number of thiazole rings is 1. The van der Waals surface area contributed by atoms with E-state index in [-0.39, 0.29) is 30.2 Å². The SMILES string of the molecule is CCNC(=O)Nc1ncc(-c2cncc(C(=O)OCC)c2)c(-c2nc3ccccc3s2)c1C(=O)OCC. The van der Waals surface area contributed by atoms with E-state index in [1.807, 2.05) is 24.3 Å². The number of ether oxygens (including phenoxy) is 2. The Labute approximate surface area is 217 Å². The van der Waals surface area contributed by atoms with Crippen LogP contribution in [-0.4, -0.2) is 52.7 Å². The van der Waals surface area contributed by atoms with Crippen molar-refractivity contribution in [3.63, 3.8) is 0 Å². The summed E-state index contributed by atoms with van der Waals surface area (Å²) in [6, 6.07) is 8.67. The molecule has 190 valence electrons. The number of urea groups is 1. The van der Waals surface area contributed by atoms with E-state index >= 15 is 0 Å². The van der Waals surface area contributed by atoms with Crippen LogP contribution in [0.25, 0.3) is 31.9 Å². The van der Waals surface area contributed by atoms with Gasteiger partial charge < -0.3 is 14.8 Å². The largest absolute Gasteiger partial charge is 0.462 e. The summed E-state index contributed by atoms with van der Waals surface area (Å²) in [5, 5.41) is 5.80. The molecule has 0 radical (unpaired) electrons. The average molecular weight is 520 g/mol. The number of nitrogens with one attached hydrogen (secondary N) is 2. The highest BCUT2D eigenvalue weighted by Crippen LogP contribution is 2.41. The molecule has 0 saturated carbocycles. The van der Waals surface area contributed by atoms with Crippen LogP contribution >= 0.6 is 11.3 Å². The molecular formula is C26H25N5O5S. The lowest BCUT2D eigenvalue weighted by Gasteiger charge is -2.17. The molecule has 37 heavy (non-hydrogen) atoms. The number of esters is 2. The number of carbonyl (C=O) groups excluding carboxylic acids is 3. The quantitative estimate of drug-likeness (QED) is 0.314. The third-order valence-corrected chi connectivity index (χ3v) is 6.25. The first kappa shape index (κ1) is 25.7. The minimum Gasteiger partial charge on any atom is -0.462 e. The first-order valence-electron chi connectivity index (χ1n) is 11.7. The fourth-order valence-corrected chi connectivity index (χ4v) is 4.69. The zero-order valence-electron chi connectivity index (χ0n) is 20.5. The van der Waals surface area contributed by atoms with Gasteiger partial charge in [0.25, 0.3) is 0 Å². The smallest absolute Gasteiger partial charge is 0.342 e. The van der Waals surface area contributed by atoms with Gasteiger partial charge in [0.15, 0.2) is 0 Å². The molecule has 0 atom stereocenters. The van der Waals surface area contributed by atoms with Gasteiger partial charge in [-0.3, -0.25) is 10.3 Å². The zero-order chi connectivity index (χ0) is 26.4. The number of para-hydroxylation sites is 1. The van der Waals surface area contributed by atoms with Crippen molar-refractivity contribution in [3.8, 4) is 21.7 Å². The van der Waals surface area contributed by atoms with Crippen LogP contribution in [0.3, 0.4) is 0 Å². The number of hydrogen-bond donors (Lipinski definition) is 2. The number of carbonyl (C=O) groups is 3. The van der Waals surface area contributed by atoms with Crippen molar-refractivity contribution in [2.45, 2.75) is 20.8 Å². The lowest BCUT2D eigenvalue weighted by molar-refractivity contribution is 0.0517. The molecule has 2 amide bonds. The van der Waals surface area contributed by atoms with Crippen LogP contribution in [0.2, 0.25) is 0 Å².